The van der Waals surface area contributed by atoms with Crippen molar-refractivity contribution in [1.29, 1.82) is 5.26 Å². The number of nitrogens with zero attached hydrogens (tertiary/aromatic N) is 3. The Balaban J connectivity index is 1.91. The smallest absolute Gasteiger partial charge is 0.295 e. The number of para-hydroxylation sites is 1. The number of hydrogen-bond donors (Lipinski definition) is 1. The minimum Gasteiger partial charge on any atom is -0.315 e. The molecule has 0 saturated carbocycles. The largest absolute Gasteiger partial charge is 0.315 e. The molecule has 0 atom stereocenters. The van der Waals surface area contributed by atoms with Crippen LogP contribution in [0.15, 0.2) is 65.0 Å². The molecule has 0 aliphatic carbocycles. The number of anilines is 1. The van der Waals surface area contributed by atoms with Gasteiger partial charge >= 0.3 is 0 Å². The first kappa shape index (κ1) is 20.9. The van der Waals surface area contributed by atoms with Crippen LogP contribution in [0.4, 0.5) is 5.69 Å². The highest BCUT2D eigenvalue weighted by atomic mass is 16.2. The van der Waals surface area contributed by atoms with Crippen molar-refractivity contribution in [3.05, 3.63) is 87.3 Å². The number of carbonyl (C=O) groups excluding carboxylic acids is 1. The maximum atomic E-state index is 12.9. The van der Waals surface area contributed by atoms with E-state index in [1.54, 1.807) is 18.7 Å². The molecule has 0 spiro atoms. The first-order chi connectivity index (χ1) is 14.3. The van der Waals surface area contributed by atoms with Gasteiger partial charge in [0.15, 0.2) is 0 Å². The van der Waals surface area contributed by atoms with E-state index in [-0.39, 0.29) is 16.8 Å². The molecule has 1 aromatic heterocycles. The summed E-state index contributed by atoms with van der Waals surface area (Å²) in [6.45, 7) is 5.95. The molecule has 1 N–H and O–H groups in total. The maximum Gasteiger partial charge on any atom is 0.295 e. The Hall–Kier alpha value is -3.85. The normalized spacial score (nSPS) is 11.4. The quantitative estimate of drug-likeness (QED) is 0.516. The highest BCUT2D eigenvalue weighted by Gasteiger charge is 2.19. The van der Waals surface area contributed by atoms with Gasteiger partial charge in [-0.05, 0) is 42.2 Å². The van der Waals surface area contributed by atoms with Crippen molar-refractivity contribution in [3.8, 4) is 11.8 Å². The molecule has 6 nitrogen and oxygen atoms in total. The average Bonchev–Trinajstić information content (AvgIpc) is 2.96. The fraction of sp³-hybridized carbons (Fsp3) is 0.208. The molecular weight excluding hydrogens is 376 g/mol. The Labute approximate surface area is 175 Å². The predicted octanol–water partition coefficient (Wildman–Crippen LogP) is 4.15. The molecule has 0 fully saturated rings. The SMILES string of the molecule is Cc1c(NC(=O)/C(C#N)=C\c2ccc(C(C)C)cc2)c(=O)n(-c2ccccc2)n1C. The third-order valence-corrected chi connectivity index (χ3v) is 5.07. The zero-order valence-corrected chi connectivity index (χ0v) is 17.5. The third kappa shape index (κ3) is 4.11. The van der Waals surface area contributed by atoms with Gasteiger partial charge in [-0.15, -0.1) is 0 Å². The van der Waals surface area contributed by atoms with Crippen molar-refractivity contribution < 1.29 is 4.79 Å². The van der Waals surface area contributed by atoms with E-state index >= 15 is 0 Å². The van der Waals surface area contributed by atoms with Crippen LogP contribution in [-0.4, -0.2) is 15.3 Å². The monoisotopic (exact) mass is 400 g/mol. The Bertz CT molecular complexity index is 1190. The highest BCUT2D eigenvalue weighted by molar-refractivity contribution is 6.09. The van der Waals surface area contributed by atoms with Crippen LogP contribution in [0, 0.1) is 18.3 Å². The van der Waals surface area contributed by atoms with Crippen LogP contribution in [0.3, 0.4) is 0 Å². The van der Waals surface area contributed by atoms with E-state index < -0.39 is 5.91 Å². The van der Waals surface area contributed by atoms with Crippen molar-refractivity contribution >= 4 is 17.7 Å². The topological polar surface area (TPSA) is 79.8 Å². The number of carbonyl (C=O) groups is 1. The van der Waals surface area contributed by atoms with Crippen LogP contribution in [0.1, 0.15) is 36.6 Å². The van der Waals surface area contributed by atoms with Gasteiger partial charge in [-0.2, -0.15) is 5.26 Å². The van der Waals surface area contributed by atoms with E-state index in [0.29, 0.717) is 17.3 Å². The van der Waals surface area contributed by atoms with Crippen molar-refractivity contribution in [1.82, 2.24) is 9.36 Å². The van der Waals surface area contributed by atoms with E-state index in [0.717, 1.165) is 5.56 Å². The molecule has 1 heterocycles. The lowest BCUT2D eigenvalue weighted by Gasteiger charge is -2.07. The number of hydrogen-bond acceptors (Lipinski definition) is 3. The van der Waals surface area contributed by atoms with Crippen molar-refractivity contribution in [3.63, 3.8) is 0 Å². The summed E-state index contributed by atoms with van der Waals surface area (Å²) in [6.07, 6.45) is 1.52. The van der Waals surface area contributed by atoms with Crippen LogP contribution in [0.5, 0.6) is 0 Å². The Morgan fingerprint density at radius 1 is 1.10 bits per heavy atom. The molecule has 3 aromatic rings. The van der Waals surface area contributed by atoms with E-state index in [1.807, 2.05) is 60.7 Å². The summed E-state index contributed by atoms with van der Waals surface area (Å²) in [5, 5.41) is 12.1. The summed E-state index contributed by atoms with van der Waals surface area (Å²) in [6, 6.07) is 18.8. The number of benzene rings is 2. The summed E-state index contributed by atoms with van der Waals surface area (Å²) < 4.78 is 3.15. The van der Waals surface area contributed by atoms with Crippen molar-refractivity contribution in [2.45, 2.75) is 26.7 Å². The van der Waals surface area contributed by atoms with E-state index in [9.17, 15) is 14.9 Å². The van der Waals surface area contributed by atoms with Gasteiger partial charge in [-0.3, -0.25) is 14.3 Å². The molecule has 0 unspecified atom stereocenters. The van der Waals surface area contributed by atoms with Crippen molar-refractivity contribution in [2.75, 3.05) is 5.32 Å². The van der Waals surface area contributed by atoms with Gasteiger partial charge < -0.3 is 5.32 Å². The molecule has 30 heavy (non-hydrogen) atoms. The fourth-order valence-corrected chi connectivity index (χ4v) is 3.19. The summed E-state index contributed by atoms with van der Waals surface area (Å²) in [7, 11) is 1.75. The van der Waals surface area contributed by atoms with Crippen molar-refractivity contribution in [2.24, 2.45) is 7.05 Å². The molecule has 1 amide bonds. The molecule has 152 valence electrons. The van der Waals surface area contributed by atoms with E-state index in [1.165, 1.54) is 16.3 Å². The number of rotatable bonds is 5. The summed E-state index contributed by atoms with van der Waals surface area (Å²) >= 11 is 0. The van der Waals surface area contributed by atoms with Gasteiger partial charge in [0, 0.05) is 7.05 Å². The minimum atomic E-state index is -0.614. The molecule has 2 aromatic carbocycles. The zero-order chi connectivity index (χ0) is 21.8. The Kier molecular flexibility index (Phi) is 6.03. The van der Waals surface area contributed by atoms with Gasteiger partial charge in [0.05, 0.1) is 11.4 Å². The molecule has 0 saturated heterocycles. The fourth-order valence-electron chi connectivity index (χ4n) is 3.19. The molecule has 0 radical (unpaired) electrons. The predicted molar refractivity (Wildman–Crippen MR) is 118 cm³/mol. The Morgan fingerprint density at radius 2 is 1.73 bits per heavy atom. The van der Waals surface area contributed by atoms with E-state index in [4.69, 9.17) is 0 Å². The second-order valence-electron chi connectivity index (χ2n) is 7.38. The lowest BCUT2D eigenvalue weighted by atomic mass is 10.0. The standard InChI is InChI=1S/C24H24N4O2/c1-16(2)19-12-10-18(11-13-19)14-20(15-25)23(29)26-22-17(3)27(4)28(24(22)30)21-8-6-5-7-9-21/h5-14,16H,1-4H3,(H,26,29)/b20-14-. The molecule has 3 rings (SSSR count). The number of aromatic nitrogens is 2. The molecule has 0 aliphatic heterocycles. The lowest BCUT2D eigenvalue weighted by molar-refractivity contribution is -0.112. The summed E-state index contributed by atoms with van der Waals surface area (Å²) in [4.78, 5) is 25.7. The van der Waals surface area contributed by atoms with Crippen LogP contribution < -0.4 is 10.9 Å². The maximum absolute atomic E-state index is 12.9. The summed E-state index contributed by atoms with van der Waals surface area (Å²) in [5.74, 6) is -0.217. The highest BCUT2D eigenvalue weighted by Crippen LogP contribution is 2.18. The van der Waals surface area contributed by atoms with Gasteiger partial charge in [0.1, 0.15) is 17.3 Å². The van der Waals surface area contributed by atoms with Gasteiger partial charge in [-0.1, -0.05) is 56.3 Å². The minimum absolute atomic E-state index is 0.0683. The molecular formula is C24H24N4O2. The second kappa shape index (κ2) is 8.66. The first-order valence-corrected chi connectivity index (χ1v) is 9.70. The third-order valence-electron chi connectivity index (χ3n) is 5.07. The van der Waals surface area contributed by atoms with Crippen LogP contribution in [-0.2, 0) is 11.8 Å². The first-order valence-electron chi connectivity index (χ1n) is 9.70. The average molecular weight is 400 g/mol. The molecule has 6 heteroatoms. The lowest BCUT2D eigenvalue weighted by Crippen LogP contribution is -2.23. The van der Waals surface area contributed by atoms with Gasteiger partial charge in [0.25, 0.3) is 11.5 Å². The van der Waals surface area contributed by atoms with Crippen LogP contribution in [0.2, 0.25) is 0 Å². The van der Waals surface area contributed by atoms with Crippen LogP contribution >= 0.6 is 0 Å². The Morgan fingerprint density at radius 3 is 2.30 bits per heavy atom. The molecule has 0 aliphatic rings. The van der Waals surface area contributed by atoms with Crippen LogP contribution in [0.25, 0.3) is 11.8 Å². The van der Waals surface area contributed by atoms with Gasteiger partial charge in [0.2, 0.25) is 0 Å². The van der Waals surface area contributed by atoms with E-state index in [2.05, 4.69) is 19.2 Å². The number of amides is 1. The second-order valence-corrected chi connectivity index (χ2v) is 7.38. The number of nitrogens with one attached hydrogen (secondary N) is 1. The van der Waals surface area contributed by atoms with Gasteiger partial charge in [-0.25, -0.2) is 4.68 Å². The zero-order valence-electron chi connectivity index (χ0n) is 17.5. The summed E-state index contributed by atoms with van der Waals surface area (Å²) in [5.41, 5.74) is 2.94. The molecule has 0 bridgehead atoms. The number of nitriles is 1.